The van der Waals surface area contributed by atoms with Gasteiger partial charge in [0.15, 0.2) is 23.2 Å². The first-order valence-electron chi connectivity index (χ1n) is 8.82. The highest BCUT2D eigenvalue weighted by Gasteiger charge is 2.11. The van der Waals surface area contributed by atoms with Gasteiger partial charge in [-0.3, -0.25) is 0 Å². The van der Waals surface area contributed by atoms with Crippen LogP contribution in [0, 0.1) is 17.5 Å². The predicted molar refractivity (Wildman–Crippen MR) is 104 cm³/mol. The van der Waals surface area contributed by atoms with E-state index in [2.05, 4.69) is 0 Å². The molecule has 0 heterocycles. The summed E-state index contributed by atoms with van der Waals surface area (Å²) in [5, 5.41) is 8.97. The van der Waals surface area contributed by atoms with Gasteiger partial charge in [0.1, 0.15) is 0 Å². The summed E-state index contributed by atoms with van der Waals surface area (Å²) in [7, 11) is 0. The molecule has 28 heavy (non-hydrogen) atoms. The van der Waals surface area contributed by atoms with Gasteiger partial charge in [-0.05, 0) is 35.7 Å². The Balaban J connectivity index is 1.79. The Bertz CT molecular complexity index is 995. The van der Waals surface area contributed by atoms with Crippen LogP contribution in [0.1, 0.15) is 23.6 Å². The Morgan fingerprint density at radius 3 is 2.21 bits per heavy atom. The van der Waals surface area contributed by atoms with Crippen LogP contribution in [0.3, 0.4) is 0 Å². The van der Waals surface area contributed by atoms with E-state index in [9.17, 15) is 13.2 Å². The lowest BCUT2D eigenvalue weighted by Gasteiger charge is -2.07. The van der Waals surface area contributed by atoms with Crippen molar-refractivity contribution in [3.05, 3.63) is 88.7 Å². The molecule has 3 aromatic rings. The maximum atomic E-state index is 14.0. The van der Waals surface area contributed by atoms with E-state index < -0.39 is 24.1 Å². The van der Waals surface area contributed by atoms with E-state index in [-0.39, 0.29) is 16.9 Å². The lowest BCUT2D eigenvalue weighted by Crippen LogP contribution is -1.96. The molecule has 0 bridgehead atoms. The maximum Gasteiger partial charge on any atom is 0.166 e. The minimum atomic E-state index is -1.04. The van der Waals surface area contributed by atoms with Gasteiger partial charge in [-0.25, -0.2) is 13.2 Å². The Morgan fingerprint density at radius 2 is 1.57 bits per heavy atom. The van der Waals surface area contributed by atoms with Crippen molar-refractivity contribution in [1.82, 2.24) is 0 Å². The summed E-state index contributed by atoms with van der Waals surface area (Å²) < 4.78 is 46.9. The summed E-state index contributed by atoms with van der Waals surface area (Å²) in [6.07, 6.45) is 3.12. The van der Waals surface area contributed by atoms with Gasteiger partial charge in [0.2, 0.25) is 0 Å². The summed E-state index contributed by atoms with van der Waals surface area (Å²) >= 11 is 0. The van der Waals surface area contributed by atoms with Gasteiger partial charge in [-0.1, -0.05) is 54.6 Å². The van der Waals surface area contributed by atoms with Crippen molar-refractivity contribution in [2.75, 3.05) is 6.61 Å². The van der Waals surface area contributed by atoms with Crippen LogP contribution in [-0.2, 0) is 6.61 Å². The van der Waals surface area contributed by atoms with Crippen molar-refractivity contribution in [2.24, 2.45) is 0 Å². The lowest BCUT2D eigenvalue weighted by molar-refractivity contribution is 0.273. The molecule has 0 atom stereocenters. The van der Waals surface area contributed by atoms with Gasteiger partial charge in [0, 0.05) is 11.1 Å². The molecule has 1 N–H and O–H groups in total. The van der Waals surface area contributed by atoms with Gasteiger partial charge in [-0.2, -0.15) is 0 Å². The first-order valence-corrected chi connectivity index (χ1v) is 8.82. The average molecular weight is 384 g/mol. The van der Waals surface area contributed by atoms with E-state index in [0.717, 1.165) is 11.1 Å². The molecule has 0 radical (unpaired) electrons. The lowest BCUT2D eigenvalue weighted by atomic mass is 10.0. The first-order chi connectivity index (χ1) is 13.5. The fourth-order valence-electron chi connectivity index (χ4n) is 2.78. The molecule has 0 aromatic heterocycles. The fourth-order valence-corrected chi connectivity index (χ4v) is 2.78. The number of ether oxygens (including phenoxy) is 1. The van der Waals surface area contributed by atoms with Crippen molar-refractivity contribution < 1.29 is 23.0 Å². The number of halogens is 3. The van der Waals surface area contributed by atoms with Crippen LogP contribution in [0.5, 0.6) is 5.75 Å². The van der Waals surface area contributed by atoms with Crippen LogP contribution in [0.4, 0.5) is 13.2 Å². The molecule has 0 spiro atoms. The minimum absolute atomic E-state index is 0.0819. The highest BCUT2D eigenvalue weighted by Crippen LogP contribution is 2.26. The maximum absolute atomic E-state index is 14.0. The quantitative estimate of drug-likeness (QED) is 0.542. The molecule has 3 rings (SSSR count). The highest BCUT2D eigenvalue weighted by atomic mass is 19.2. The van der Waals surface area contributed by atoms with Crippen LogP contribution in [-0.4, -0.2) is 11.7 Å². The van der Waals surface area contributed by atoms with Crippen molar-refractivity contribution in [3.63, 3.8) is 0 Å². The van der Waals surface area contributed by atoms with Gasteiger partial charge in [0.05, 0.1) is 13.2 Å². The number of aliphatic hydroxyl groups excluding tert-OH is 1. The van der Waals surface area contributed by atoms with E-state index in [1.54, 1.807) is 37.3 Å². The van der Waals surface area contributed by atoms with Crippen LogP contribution in [0.15, 0.2) is 54.6 Å². The third-order valence-corrected chi connectivity index (χ3v) is 4.29. The molecule has 2 nitrogen and oxygen atoms in total. The molecule has 0 fully saturated rings. The first kappa shape index (κ1) is 19.7. The Morgan fingerprint density at radius 1 is 0.857 bits per heavy atom. The second-order valence-corrected chi connectivity index (χ2v) is 6.13. The molecule has 0 aliphatic heterocycles. The van der Waals surface area contributed by atoms with Crippen molar-refractivity contribution in [3.8, 4) is 16.9 Å². The summed E-state index contributed by atoms with van der Waals surface area (Å²) in [5.41, 5.74) is 2.32. The molecule has 0 saturated carbocycles. The number of hydrogen-bond acceptors (Lipinski definition) is 2. The molecule has 0 unspecified atom stereocenters. The predicted octanol–water partition coefficient (Wildman–Crippen LogP) is 5.83. The van der Waals surface area contributed by atoms with Crippen LogP contribution >= 0.6 is 0 Å². The van der Waals surface area contributed by atoms with E-state index in [1.165, 1.54) is 24.3 Å². The van der Waals surface area contributed by atoms with Gasteiger partial charge in [-0.15, -0.1) is 0 Å². The fraction of sp³-hybridized carbons (Fsp3) is 0.130. The van der Waals surface area contributed by atoms with Gasteiger partial charge in [0.25, 0.3) is 0 Å². The van der Waals surface area contributed by atoms with E-state index >= 15 is 0 Å². The Labute approximate surface area is 161 Å². The summed E-state index contributed by atoms with van der Waals surface area (Å²) in [4.78, 5) is 0. The van der Waals surface area contributed by atoms with Crippen molar-refractivity contribution in [1.29, 1.82) is 0 Å². The normalized spacial score (nSPS) is 11.2. The average Bonchev–Trinajstić information content (AvgIpc) is 2.71. The minimum Gasteiger partial charge on any atom is -0.491 e. The van der Waals surface area contributed by atoms with Gasteiger partial charge >= 0.3 is 0 Å². The smallest absolute Gasteiger partial charge is 0.166 e. The zero-order valence-electron chi connectivity index (χ0n) is 15.3. The van der Waals surface area contributed by atoms with E-state index in [1.807, 2.05) is 12.1 Å². The summed E-state index contributed by atoms with van der Waals surface area (Å²) in [5.74, 6) is -2.25. The molecule has 144 valence electrons. The molecule has 5 heteroatoms. The van der Waals surface area contributed by atoms with E-state index in [4.69, 9.17) is 9.84 Å². The topological polar surface area (TPSA) is 29.5 Å². The molecule has 0 saturated heterocycles. The molecular formula is C23H19F3O2. The standard InChI is InChI=1S/C23H19F3O2/c1-2-28-21-12-11-18(13-20(21)24)16-6-3-15(4-7-16)5-8-17-9-10-19(14-27)23(26)22(17)25/h3-13,27H,2,14H2,1H3/b8-5+. The zero-order valence-corrected chi connectivity index (χ0v) is 15.3. The summed E-state index contributed by atoms with van der Waals surface area (Å²) in [6, 6.07) is 14.8. The largest absolute Gasteiger partial charge is 0.491 e. The number of aliphatic hydroxyl groups is 1. The Kier molecular flexibility index (Phi) is 6.16. The summed E-state index contributed by atoms with van der Waals surface area (Å²) in [6.45, 7) is 1.63. The van der Waals surface area contributed by atoms with Crippen LogP contribution in [0.25, 0.3) is 23.3 Å². The van der Waals surface area contributed by atoms with Gasteiger partial charge < -0.3 is 9.84 Å². The molecule has 0 amide bonds. The monoisotopic (exact) mass is 384 g/mol. The number of rotatable bonds is 6. The third kappa shape index (κ3) is 4.26. The van der Waals surface area contributed by atoms with Crippen molar-refractivity contribution in [2.45, 2.75) is 13.5 Å². The second kappa shape index (κ2) is 8.76. The van der Waals surface area contributed by atoms with E-state index in [0.29, 0.717) is 12.2 Å². The molecule has 0 aliphatic rings. The SMILES string of the molecule is CCOc1ccc(-c2ccc(/C=C/c3ccc(CO)c(F)c3F)cc2)cc1F. The molecule has 0 aliphatic carbocycles. The third-order valence-electron chi connectivity index (χ3n) is 4.29. The number of hydrogen-bond donors (Lipinski definition) is 1. The van der Waals surface area contributed by atoms with Crippen LogP contribution < -0.4 is 4.74 Å². The zero-order chi connectivity index (χ0) is 20.1. The van der Waals surface area contributed by atoms with Crippen LogP contribution in [0.2, 0.25) is 0 Å². The number of benzene rings is 3. The highest BCUT2D eigenvalue weighted by molar-refractivity contribution is 5.72. The molecule has 3 aromatic carbocycles. The molecular weight excluding hydrogens is 365 g/mol. The second-order valence-electron chi connectivity index (χ2n) is 6.13. The Hall–Kier alpha value is -3.05. The van der Waals surface area contributed by atoms with Crippen molar-refractivity contribution >= 4 is 12.2 Å².